The molecule has 70 valence electrons. The summed E-state index contributed by atoms with van der Waals surface area (Å²) in [5.74, 6) is 0.697. The maximum Gasteiger partial charge on any atom is 0.224 e. The van der Waals surface area contributed by atoms with E-state index >= 15 is 0 Å². The van der Waals surface area contributed by atoms with Gasteiger partial charge in [0.25, 0.3) is 0 Å². The van der Waals surface area contributed by atoms with Gasteiger partial charge in [-0.15, -0.1) is 0 Å². The van der Waals surface area contributed by atoms with Crippen LogP contribution in [0.15, 0.2) is 6.20 Å². The highest BCUT2D eigenvalue weighted by molar-refractivity contribution is 5.90. The van der Waals surface area contributed by atoms with Crippen molar-refractivity contribution in [2.24, 2.45) is 0 Å². The monoisotopic (exact) mass is 179 g/mol. The first-order chi connectivity index (χ1) is 6.13. The summed E-state index contributed by atoms with van der Waals surface area (Å²) in [5, 5.41) is 2.72. The van der Waals surface area contributed by atoms with Gasteiger partial charge in [-0.3, -0.25) is 4.79 Å². The van der Waals surface area contributed by atoms with Crippen LogP contribution in [-0.4, -0.2) is 15.9 Å². The highest BCUT2D eigenvalue weighted by Crippen LogP contribution is 2.10. The normalized spacial score (nSPS) is 9.77. The van der Waals surface area contributed by atoms with E-state index in [0.29, 0.717) is 17.9 Å². The summed E-state index contributed by atoms with van der Waals surface area (Å²) in [6.07, 6.45) is 2.10. The van der Waals surface area contributed by atoms with Crippen molar-refractivity contribution in [3.63, 3.8) is 0 Å². The number of carbonyl (C=O) groups excluding carboxylic acids is 1. The van der Waals surface area contributed by atoms with Gasteiger partial charge in [0.05, 0.1) is 17.6 Å². The maximum absolute atomic E-state index is 11.1. The fourth-order valence-electron chi connectivity index (χ4n) is 0.945. The summed E-state index contributed by atoms with van der Waals surface area (Å²) in [6, 6.07) is 0. The van der Waals surface area contributed by atoms with Crippen LogP contribution < -0.4 is 5.32 Å². The molecule has 1 aromatic heterocycles. The van der Waals surface area contributed by atoms with Gasteiger partial charge in [-0.05, 0) is 13.8 Å². The number of nitrogens with one attached hydrogen (secondary N) is 1. The topological polar surface area (TPSA) is 54.9 Å². The van der Waals surface area contributed by atoms with Crippen LogP contribution in [0, 0.1) is 13.8 Å². The Morgan fingerprint density at radius 2 is 2.23 bits per heavy atom. The molecular weight excluding hydrogens is 166 g/mol. The number of hydrogen-bond acceptors (Lipinski definition) is 3. The van der Waals surface area contributed by atoms with E-state index < -0.39 is 0 Å². The Kier molecular flexibility index (Phi) is 2.95. The summed E-state index contributed by atoms with van der Waals surface area (Å²) < 4.78 is 0. The van der Waals surface area contributed by atoms with Crippen LogP contribution >= 0.6 is 0 Å². The van der Waals surface area contributed by atoms with Gasteiger partial charge in [0, 0.05) is 6.42 Å². The molecule has 0 aliphatic heterocycles. The van der Waals surface area contributed by atoms with Gasteiger partial charge in [-0.2, -0.15) is 0 Å². The molecule has 1 N–H and O–H groups in total. The molecule has 0 spiro atoms. The number of amides is 1. The minimum absolute atomic E-state index is 0.0180. The quantitative estimate of drug-likeness (QED) is 0.747. The zero-order valence-corrected chi connectivity index (χ0v) is 8.09. The van der Waals surface area contributed by atoms with Crippen molar-refractivity contribution < 1.29 is 4.79 Å². The predicted octanol–water partition coefficient (Wildman–Crippen LogP) is 1.44. The average Bonchev–Trinajstić information content (AvgIpc) is 2.09. The van der Waals surface area contributed by atoms with E-state index in [2.05, 4.69) is 15.3 Å². The van der Waals surface area contributed by atoms with Gasteiger partial charge in [0.2, 0.25) is 5.91 Å². The molecule has 0 bridgehead atoms. The summed E-state index contributed by atoms with van der Waals surface area (Å²) in [5.41, 5.74) is 1.49. The van der Waals surface area contributed by atoms with E-state index in [1.165, 1.54) is 0 Å². The van der Waals surface area contributed by atoms with E-state index in [0.717, 1.165) is 5.69 Å². The molecular formula is C9H13N3O. The van der Waals surface area contributed by atoms with Crippen LogP contribution in [-0.2, 0) is 4.79 Å². The molecule has 4 heteroatoms. The van der Waals surface area contributed by atoms with Gasteiger partial charge in [-0.1, -0.05) is 6.92 Å². The van der Waals surface area contributed by atoms with Crippen LogP contribution in [0.1, 0.15) is 24.9 Å². The molecule has 13 heavy (non-hydrogen) atoms. The van der Waals surface area contributed by atoms with Gasteiger partial charge in [-0.25, -0.2) is 9.97 Å². The molecule has 1 heterocycles. The lowest BCUT2D eigenvalue weighted by Gasteiger charge is -2.05. The van der Waals surface area contributed by atoms with Crippen molar-refractivity contribution in [1.82, 2.24) is 9.97 Å². The Morgan fingerprint density at radius 3 is 2.77 bits per heavy atom. The minimum atomic E-state index is -0.0180. The first kappa shape index (κ1) is 9.64. The van der Waals surface area contributed by atoms with Crippen molar-refractivity contribution in [3.05, 3.63) is 17.7 Å². The Balaban J connectivity index is 2.83. The zero-order valence-electron chi connectivity index (χ0n) is 8.09. The molecule has 1 rings (SSSR count). The third kappa shape index (κ3) is 2.50. The third-order valence-corrected chi connectivity index (χ3v) is 1.69. The number of anilines is 1. The first-order valence-corrected chi connectivity index (χ1v) is 4.23. The highest BCUT2D eigenvalue weighted by atomic mass is 16.1. The van der Waals surface area contributed by atoms with Crippen LogP contribution in [0.4, 0.5) is 5.69 Å². The molecule has 0 aliphatic rings. The Bertz CT molecular complexity index is 323. The van der Waals surface area contributed by atoms with Gasteiger partial charge < -0.3 is 5.32 Å². The summed E-state index contributed by atoms with van der Waals surface area (Å²) in [7, 11) is 0. The zero-order chi connectivity index (χ0) is 9.84. The highest BCUT2D eigenvalue weighted by Gasteiger charge is 2.03. The number of nitrogens with zero attached hydrogens (tertiary/aromatic N) is 2. The van der Waals surface area contributed by atoms with E-state index in [1.54, 1.807) is 13.1 Å². The summed E-state index contributed by atoms with van der Waals surface area (Å²) in [6.45, 7) is 5.47. The number of rotatable bonds is 2. The number of aryl methyl sites for hydroxylation is 2. The molecule has 0 aliphatic carbocycles. The average molecular weight is 179 g/mol. The molecule has 0 aromatic carbocycles. The second-order valence-electron chi connectivity index (χ2n) is 2.82. The van der Waals surface area contributed by atoms with Crippen molar-refractivity contribution in [1.29, 1.82) is 0 Å². The van der Waals surface area contributed by atoms with Gasteiger partial charge >= 0.3 is 0 Å². The minimum Gasteiger partial charge on any atom is -0.323 e. The van der Waals surface area contributed by atoms with Crippen molar-refractivity contribution in [2.75, 3.05) is 5.32 Å². The van der Waals surface area contributed by atoms with E-state index in [1.807, 2.05) is 13.8 Å². The summed E-state index contributed by atoms with van der Waals surface area (Å²) >= 11 is 0. The molecule has 0 saturated heterocycles. The molecule has 0 radical (unpaired) electrons. The summed E-state index contributed by atoms with van der Waals surface area (Å²) in [4.78, 5) is 19.2. The van der Waals surface area contributed by atoms with Crippen LogP contribution in [0.25, 0.3) is 0 Å². The maximum atomic E-state index is 11.1. The molecule has 0 unspecified atom stereocenters. The Morgan fingerprint density at radius 1 is 1.54 bits per heavy atom. The van der Waals surface area contributed by atoms with Crippen molar-refractivity contribution in [3.8, 4) is 0 Å². The molecule has 4 nitrogen and oxygen atoms in total. The van der Waals surface area contributed by atoms with Gasteiger partial charge in [0.1, 0.15) is 5.82 Å². The smallest absolute Gasteiger partial charge is 0.224 e. The van der Waals surface area contributed by atoms with Crippen LogP contribution in [0.3, 0.4) is 0 Å². The largest absolute Gasteiger partial charge is 0.323 e. The van der Waals surface area contributed by atoms with Crippen molar-refractivity contribution in [2.45, 2.75) is 27.2 Å². The second kappa shape index (κ2) is 3.98. The van der Waals surface area contributed by atoms with Crippen LogP contribution in [0.5, 0.6) is 0 Å². The van der Waals surface area contributed by atoms with E-state index in [4.69, 9.17) is 0 Å². The van der Waals surface area contributed by atoms with E-state index in [-0.39, 0.29) is 5.91 Å². The Hall–Kier alpha value is -1.45. The molecule has 0 fully saturated rings. The van der Waals surface area contributed by atoms with Crippen molar-refractivity contribution >= 4 is 11.6 Å². The lowest BCUT2D eigenvalue weighted by molar-refractivity contribution is -0.115. The number of aromatic nitrogens is 2. The van der Waals surface area contributed by atoms with Gasteiger partial charge in [0.15, 0.2) is 0 Å². The predicted molar refractivity (Wildman–Crippen MR) is 50.4 cm³/mol. The SMILES string of the molecule is CCC(=O)Nc1cnc(C)nc1C. The Labute approximate surface area is 77.4 Å². The standard InChI is InChI=1S/C9H13N3O/c1-4-9(13)12-8-5-10-7(3)11-6(8)2/h5H,4H2,1-3H3,(H,12,13). The lowest BCUT2D eigenvalue weighted by atomic mass is 10.3. The van der Waals surface area contributed by atoms with E-state index in [9.17, 15) is 4.79 Å². The molecule has 1 amide bonds. The second-order valence-corrected chi connectivity index (χ2v) is 2.82. The number of carbonyl (C=O) groups is 1. The third-order valence-electron chi connectivity index (χ3n) is 1.69. The first-order valence-electron chi connectivity index (χ1n) is 4.23. The molecule has 0 saturated carbocycles. The fourth-order valence-corrected chi connectivity index (χ4v) is 0.945. The number of hydrogen-bond donors (Lipinski definition) is 1. The molecule has 1 aromatic rings. The fraction of sp³-hybridized carbons (Fsp3) is 0.444. The van der Waals surface area contributed by atoms with Crippen LogP contribution in [0.2, 0.25) is 0 Å². The molecule has 0 atom stereocenters. The lowest BCUT2D eigenvalue weighted by Crippen LogP contribution is -2.11.